The number of benzene rings is 1. The molecule has 0 radical (unpaired) electrons. The Morgan fingerprint density at radius 2 is 2.02 bits per heavy atom. The first-order valence-electron chi connectivity index (χ1n) is 15.0. The molecule has 14 heteroatoms. The molecule has 5 rings (SSSR count). The highest BCUT2D eigenvalue weighted by atomic mass is 16.6. The average Bonchev–Trinajstić information content (AvgIpc) is 3.57. The van der Waals surface area contributed by atoms with Gasteiger partial charge in [0.1, 0.15) is 11.2 Å². The van der Waals surface area contributed by atoms with Crippen LogP contribution < -0.4 is 16.4 Å². The Bertz CT molecular complexity index is 1700. The molecule has 0 bridgehead atoms. The molecule has 1 aliphatic heterocycles. The van der Waals surface area contributed by atoms with Crippen LogP contribution in [0.4, 0.5) is 5.95 Å². The molecule has 45 heavy (non-hydrogen) atoms. The topological polar surface area (TPSA) is 175 Å². The lowest BCUT2D eigenvalue weighted by atomic mass is 9.86. The highest BCUT2D eigenvalue weighted by molar-refractivity contribution is 6.03. The molecule has 0 spiro atoms. The SMILES string of the molecule is CCn1nc(C)cc1C(=O)Nc1nc2cccc(CN3CCOCC3)c2n1C/C=C/CNC1(C)CC=C(C(N)=O)C=C1[N+](=O)[O-]. The molecule has 2 aliphatic rings. The number of aromatic nitrogens is 4. The van der Waals surface area contributed by atoms with Crippen molar-refractivity contribution in [1.82, 2.24) is 29.5 Å². The minimum Gasteiger partial charge on any atom is -0.379 e. The summed E-state index contributed by atoms with van der Waals surface area (Å²) in [6, 6.07) is 7.73. The van der Waals surface area contributed by atoms with Crippen molar-refractivity contribution in [3.63, 3.8) is 0 Å². The van der Waals surface area contributed by atoms with E-state index in [1.807, 2.05) is 42.7 Å². The maximum Gasteiger partial charge on any atom is 0.276 e. The third-order valence-electron chi connectivity index (χ3n) is 8.14. The summed E-state index contributed by atoms with van der Waals surface area (Å²) < 4.78 is 9.17. The van der Waals surface area contributed by atoms with Crippen LogP contribution in [0.15, 0.2) is 59.8 Å². The zero-order valence-corrected chi connectivity index (χ0v) is 25.8. The highest BCUT2D eigenvalue weighted by Gasteiger charge is 2.39. The lowest BCUT2D eigenvalue weighted by Crippen LogP contribution is -2.47. The molecule has 2 amide bonds. The van der Waals surface area contributed by atoms with Crippen LogP contribution in [0.3, 0.4) is 0 Å². The predicted octanol–water partition coefficient (Wildman–Crippen LogP) is 2.53. The molecule has 3 heterocycles. The van der Waals surface area contributed by atoms with Crippen molar-refractivity contribution >= 4 is 28.8 Å². The monoisotopic (exact) mass is 617 g/mol. The number of nitrogens with two attached hydrogens (primary N) is 1. The van der Waals surface area contributed by atoms with E-state index in [2.05, 4.69) is 26.7 Å². The van der Waals surface area contributed by atoms with Gasteiger partial charge >= 0.3 is 0 Å². The van der Waals surface area contributed by atoms with E-state index in [0.717, 1.165) is 35.4 Å². The number of fused-ring (bicyclic) bond motifs is 1. The fourth-order valence-corrected chi connectivity index (χ4v) is 5.72. The molecule has 1 aromatic carbocycles. The second kappa shape index (κ2) is 13.5. The summed E-state index contributed by atoms with van der Waals surface area (Å²) in [5.74, 6) is -0.596. The number of aryl methyl sites for hydroxylation is 2. The van der Waals surface area contributed by atoms with Crippen molar-refractivity contribution < 1.29 is 19.2 Å². The van der Waals surface area contributed by atoms with Crippen LogP contribution in [0.5, 0.6) is 0 Å². The normalized spacial score (nSPS) is 19.1. The summed E-state index contributed by atoms with van der Waals surface area (Å²) in [6.07, 6.45) is 6.90. The number of allylic oxidation sites excluding steroid dienone is 1. The molecule has 3 aromatic rings. The maximum atomic E-state index is 13.4. The molecule has 0 saturated carbocycles. The molecule has 238 valence electrons. The Kier molecular flexibility index (Phi) is 9.56. The number of ether oxygens (including phenoxy) is 1. The van der Waals surface area contributed by atoms with Crippen molar-refractivity contribution in [2.45, 2.75) is 52.4 Å². The summed E-state index contributed by atoms with van der Waals surface area (Å²) in [5.41, 5.74) is 8.32. The molecule has 1 atom stereocenters. The summed E-state index contributed by atoms with van der Waals surface area (Å²) in [7, 11) is 0. The van der Waals surface area contributed by atoms with Gasteiger partial charge in [0.05, 0.1) is 34.9 Å². The van der Waals surface area contributed by atoms with Crippen LogP contribution in [-0.4, -0.2) is 79.4 Å². The molecule has 1 unspecified atom stereocenters. The zero-order chi connectivity index (χ0) is 32.1. The lowest BCUT2D eigenvalue weighted by Gasteiger charge is -2.29. The van der Waals surface area contributed by atoms with E-state index in [-0.39, 0.29) is 23.6 Å². The van der Waals surface area contributed by atoms with E-state index >= 15 is 0 Å². The summed E-state index contributed by atoms with van der Waals surface area (Å²) >= 11 is 0. The largest absolute Gasteiger partial charge is 0.379 e. The Labute approximate surface area is 260 Å². The first kappa shape index (κ1) is 31.8. The molecule has 1 saturated heterocycles. The Hall–Kier alpha value is -4.66. The third-order valence-corrected chi connectivity index (χ3v) is 8.14. The average molecular weight is 618 g/mol. The quantitative estimate of drug-likeness (QED) is 0.157. The molecular weight excluding hydrogens is 578 g/mol. The number of rotatable bonds is 12. The van der Waals surface area contributed by atoms with Crippen LogP contribution >= 0.6 is 0 Å². The minimum atomic E-state index is -0.987. The number of hydrogen-bond acceptors (Lipinski definition) is 9. The van der Waals surface area contributed by atoms with Crippen LogP contribution in [-0.2, 0) is 29.2 Å². The van der Waals surface area contributed by atoms with E-state index in [0.29, 0.717) is 51.0 Å². The van der Waals surface area contributed by atoms with Crippen LogP contribution in [0, 0.1) is 17.0 Å². The van der Waals surface area contributed by atoms with Gasteiger partial charge in [0, 0.05) is 50.9 Å². The number of nitrogens with one attached hydrogen (secondary N) is 2. The molecule has 14 nitrogen and oxygen atoms in total. The number of nitrogens with zero attached hydrogens (tertiary/aromatic N) is 6. The fourth-order valence-electron chi connectivity index (χ4n) is 5.72. The van der Waals surface area contributed by atoms with Gasteiger partial charge in [-0.15, -0.1) is 0 Å². The standard InChI is InChI=1S/C31H39N9O5/c1-4-39-25(18-21(2)36-39)29(42)35-30-34-24-9-7-8-23(20-37-14-16-45-17-15-37)27(24)38(30)13-6-5-12-33-31(3)11-10-22(28(32)41)19-26(31)40(43)44/h5-10,18-19,33H,4,11-17,20H2,1-3H3,(H2,32,41)(H,34,35,42)/b6-5+. The van der Waals surface area contributed by atoms with Gasteiger partial charge in [0.15, 0.2) is 0 Å². The van der Waals surface area contributed by atoms with E-state index in [1.165, 1.54) is 6.08 Å². The minimum absolute atomic E-state index is 0.118. The lowest BCUT2D eigenvalue weighted by molar-refractivity contribution is -0.436. The van der Waals surface area contributed by atoms with E-state index < -0.39 is 16.4 Å². The number of carbonyl (C=O) groups excluding carboxylic acids is 2. The number of hydrogen-bond donors (Lipinski definition) is 3. The first-order chi connectivity index (χ1) is 21.6. The second-order valence-electron chi connectivity index (χ2n) is 11.4. The third kappa shape index (κ3) is 7.03. The van der Waals surface area contributed by atoms with Gasteiger partial charge in [0.25, 0.3) is 11.6 Å². The van der Waals surface area contributed by atoms with Crippen molar-refractivity contribution in [3.05, 3.63) is 86.9 Å². The van der Waals surface area contributed by atoms with Crippen molar-refractivity contribution in [3.8, 4) is 0 Å². The number of morpholine rings is 1. The van der Waals surface area contributed by atoms with E-state index in [1.54, 1.807) is 23.7 Å². The smallest absolute Gasteiger partial charge is 0.276 e. The summed E-state index contributed by atoms with van der Waals surface area (Å²) in [4.78, 5) is 43.4. The van der Waals surface area contributed by atoms with Gasteiger partial charge < -0.3 is 15.0 Å². The molecular formula is C31H39N9O5. The van der Waals surface area contributed by atoms with E-state index in [4.69, 9.17) is 15.5 Å². The summed E-state index contributed by atoms with van der Waals surface area (Å²) in [6.45, 7) is 10.5. The maximum absolute atomic E-state index is 13.4. The second-order valence-corrected chi connectivity index (χ2v) is 11.4. The number of nitro groups is 1. The van der Waals surface area contributed by atoms with Gasteiger partial charge in [-0.2, -0.15) is 5.10 Å². The van der Waals surface area contributed by atoms with Crippen molar-refractivity contribution in [2.24, 2.45) is 5.73 Å². The number of para-hydroxylation sites is 1. The number of primary amides is 1. The van der Waals surface area contributed by atoms with Crippen LogP contribution in [0.1, 0.15) is 42.0 Å². The number of anilines is 1. The number of carbonyl (C=O) groups is 2. The van der Waals surface area contributed by atoms with Crippen molar-refractivity contribution in [1.29, 1.82) is 0 Å². The van der Waals surface area contributed by atoms with Gasteiger partial charge in [-0.05, 0) is 44.9 Å². The number of imidazole rings is 1. The number of amides is 2. The molecule has 2 aromatic heterocycles. The van der Waals surface area contributed by atoms with Gasteiger partial charge in [-0.1, -0.05) is 30.4 Å². The molecule has 1 fully saturated rings. The molecule has 4 N–H and O–H groups in total. The predicted molar refractivity (Wildman–Crippen MR) is 169 cm³/mol. The fraction of sp³-hybridized carbons (Fsp3) is 0.419. The Morgan fingerprint density at radius 1 is 1.24 bits per heavy atom. The van der Waals surface area contributed by atoms with E-state index in [9.17, 15) is 19.7 Å². The highest BCUT2D eigenvalue weighted by Crippen LogP contribution is 2.29. The summed E-state index contributed by atoms with van der Waals surface area (Å²) in [5, 5.41) is 22.4. The van der Waals surface area contributed by atoms with Gasteiger partial charge in [0.2, 0.25) is 11.9 Å². The van der Waals surface area contributed by atoms with Crippen molar-refractivity contribution in [2.75, 3.05) is 38.2 Å². The Morgan fingerprint density at radius 3 is 2.73 bits per heavy atom. The Balaban J connectivity index is 1.40. The first-order valence-corrected chi connectivity index (χ1v) is 15.0. The zero-order valence-electron chi connectivity index (χ0n) is 25.8. The van der Waals surface area contributed by atoms with Gasteiger partial charge in [-0.3, -0.25) is 39.9 Å². The van der Waals surface area contributed by atoms with Crippen LogP contribution in [0.2, 0.25) is 0 Å². The van der Waals surface area contributed by atoms with Gasteiger partial charge in [-0.25, -0.2) is 4.98 Å². The molecule has 1 aliphatic carbocycles. The van der Waals surface area contributed by atoms with Crippen LogP contribution in [0.25, 0.3) is 11.0 Å².